The second-order valence-electron chi connectivity index (χ2n) is 8.51. The van der Waals surface area contributed by atoms with E-state index in [0.717, 1.165) is 12.8 Å². The molecular formula is C19H30F6O2. The number of hydrogen-bond donors (Lipinski definition) is 1. The molecular weight excluding hydrogens is 374 g/mol. The smallest absolute Gasteiger partial charge is 0.374 e. The van der Waals surface area contributed by atoms with Gasteiger partial charge in [0, 0.05) is 11.8 Å². The van der Waals surface area contributed by atoms with E-state index in [1.807, 2.05) is 27.7 Å². The average molecular weight is 404 g/mol. The van der Waals surface area contributed by atoms with Gasteiger partial charge in [-0.1, -0.05) is 34.1 Å². The normalized spacial score (nSPS) is 26.0. The monoisotopic (exact) mass is 404 g/mol. The number of Topliss-reactive ketones (excluding diaryl/α,β-unsaturated/α-hetero) is 1. The summed E-state index contributed by atoms with van der Waals surface area (Å²) in [5, 5.41) is 9.12. The van der Waals surface area contributed by atoms with Crippen molar-refractivity contribution in [2.24, 2.45) is 23.2 Å². The van der Waals surface area contributed by atoms with Crippen LogP contribution in [0.3, 0.4) is 0 Å². The number of halogens is 6. The average Bonchev–Trinajstić information content (AvgIpc) is 3.15. The summed E-state index contributed by atoms with van der Waals surface area (Å²) in [6.45, 7) is 7.96. The predicted octanol–water partition coefficient (Wildman–Crippen LogP) is 6.07. The van der Waals surface area contributed by atoms with Gasteiger partial charge in [0.15, 0.2) is 0 Å². The van der Waals surface area contributed by atoms with E-state index < -0.39 is 30.3 Å². The Hall–Kier alpha value is -0.790. The Kier molecular flexibility index (Phi) is 7.45. The van der Waals surface area contributed by atoms with E-state index in [9.17, 15) is 31.1 Å². The third-order valence-electron chi connectivity index (χ3n) is 6.34. The molecule has 2 aliphatic carbocycles. The molecule has 0 spiro atoms. The third kappa shape index (κ3) is 5.39. The van der Waals surface area contributed by atoms with Gasteiger partial charge >= 0.3 is 12.4 Å². The molecule has 2 aliphatic rings. The second-order valence-corrected chi connectivity index (χ2v) is 8.51. The molecule has 0 saturated heterocycles. The van der Waals surface area contributed by atoms with Gasteiger partial charge in [-0.05, 0) is 49.9 Å². The van der Waals surface area contributed by atoms with Gasteiger partial charge in [0.1, 0.15) is 5.78 Å². The van der Waals surface area contributed by atoms with Crippen molar-refractivity contribution in [2.75, 3.05) is 0 Å². The highest BCUT2D eigenvalue weighted by atomic mass is 19.4. The zero-order chi connectivity index (χ0) is 21.3. The molecule has 2 saturated carbocycles. The van der Waals surface area contributed by atoms with Crippen LogP contribution in [0.25, 0.3) is 0 Å². The first-order chi connectivity index (χ1) is 12.1. The second kappa shape index (κ2) is 8.29. The first-order valence-electron chi connectivity index (χ1n) is 9.48. The van der Waals surface area contributed by atoms with Crippen LogP contribution in [0, 0.1) is 23.2 Å². The molecule has 2 nitrogen and oxygen atoms in total. The highest BCUT2D eigenvalue weighted by Gasteiger charge is 2.71. The van der Waals surface area contributed by atoms with Crippen molar-refractivity contribution in [2.45, 2.75) is 90.6 Å². The summed E-state index contributed by atoms with van der Waals surface area (Å²) in [5.74, 6) is -0.154. The number of fused-ring (bicyclic) bond motifs is 2. The molecule has 2 fully saturated rings. The van der Waals surface area contributed by atoms with Crippen LogP contribution < -0.4 is 0 Å². The van der Waals surface area contributed by atoms with Gasteiger partial charge in [-0.25, -0.2) is 0 Å². The molecule has 2 rings (SSSR count). The lowest BCUT2D eigenvalue weighted by molar-refractivity contribution is -0.373. The van der Waals surface area contributed by atoms with Crippen molar-refractivity contribution in [3.05, 3.63) is 0 Å². The lowest BCUT2D eigenvalue weighted by Gasteiger charge is -2.36. The third-order valence-corrected chi connectivity index (χ3v) is 6.34. The molecule has 0 heterocycles. The van der Waals surface area contributed by atoms with Crippen LogP contribution >= 0.6 is 0 Å². The summed E-state index contributed by atoms with van der Waals surface area (Å²) >= 11 is 0. The van der Waals surface area contributed by atoms with Crippen LogP contribution in [-0.4, -0.2) is 28.8 Å². The molecule has 27 heavy (non-hydrogen) atoms. The van der Waals surface area contributed by atoms with Gasteiger partial charge in [0.05, 0.1) is 0 Å². The van der Waals surface area contributed by atoms with Crippen LogP contribution in [-0.2, 0) is 4.79 Å². The molecule has 3 unspecified atom stereocenters. The fourth-order valence-corrected chi connectivity index (χ4v) is 4.07. The number of carbonyl (C=O) groups is 1. The molecule has 0 aliphatic heterocycles. The topological polar surface area (TPSA) is 37.3 Å². The van der Waals surface area contributed by atoms with Gasteiger partial charge in [-0.2, -0.15) is 26.3 Å². The van der Waals surface area contributed by atoms with Crippen LogP contribution in [0.5, 0.6) is 0 Å². The van der Waals surface area contributed by atoms with Crippen LogP contribution in [0.4, 0.5) is 26.3 Å². The zero-order valence-corrected chi connectivity index (χ0v) is 16.3. The van der Waals surface area contributed by atoms with E-state index in [2.05, 4.69) is 0 Å². The molecule has 0 aromatic rings. The summed E-state index contributed by atoms with van der Waals surface area (Å²) in [6, 6.07) is 0. The van der Waals surface area contributed by atoms with Crippen LogP contribution in [0.1, 0.15) is 72.6 Å². The standard InChI is InChI=1S/C11H14F6O.C8H16O/c12-10(13,14)9(18,11(15,16)17)5-8-4-6-1-2-7(8)3-6;1-5-7(9)8(3,4)6-2/h6-8,18H,1-5H2;5-6H2,1-4H3. The van der Waals surface area contributed by atoms with Gasteiger partial charge in [0.2, 0.25) is 0 Å². The maximum Gasteiger partial charge on any atom is 0.426 e. The molecule has 160 valence electrons. The molecule has 8 heteroatoms. The summed E-state index contributed by atoms with van der Waals surface area (Å²) in [5.41, 5.74) is -4.65. The minimum absolute atomic E-state index is 0.0885. The molecule has 2 bridgehead atoms. The molecule has 3 atom stereocenters. The number of rotatable bonds is 5. The first kappa shape index (κ1) is 24.2. The summed E-state index contributed by atoms with van der Waals surface area (Å²) in [4.78, 5) is 11.1. The van der Waals surface area contributed by atoms with E-state index in [4.69, 9.17) is 5.11 Å². The fraction of sp³-hybridized carbons (Fsp3) is 0.947. The zero-order valence-electron chi connectivity index (χ0n) is 16.3. The van der Waals surface area contributed by atoms with Crippen molar-refractivity contribution in [1.82, 2.24) is 0 Å². The van der Waals surface area contributed by atoms with Crippen molar-refractivity contribution in [3.8, 4) is 0 Å². The van der Waals surface area contributed by atoms with Crippen molar-refractivity contribution >= 4 is 5.78 Å². The van der Waals surface area contributed by atoms with Gasteiger partial charge in [-0.3, -0.25) is 4.79 Å². The summed E-state index contributed by atoms with van der Waals surface area (Å²) < 4.78 is 75.2. The van der Waals surface area contributed by atoms with E-state index in [1.165, 1.54) is 0 Å². The lowest BCUT2D eigenvalue weighted by atomic mass is 9.79. The van der Waals surface area contributed by atoms with E-state index in [0.29, 0.717) is 31.5 Å². The first-order valence-corrected chi connectivity index (χ1v) is 9.48. The Balaban J connectivity index is 0.000000345. The van der Waals surface area contributed by atoms with Crippen molar-refractivity contribution in [1.29, 1.82) is 0 Å². The highest BCUT2D eigenvalue weighted by molar-refractivity contribution is 5.83. The quantitative estimate of drug-likeness (QED) is 0.565. The number of carbonyl (C=O) groups excluding carboxylic acids is 1. The van der Waals surface area contributed by atoms with E-state index in [-0.39, 0.29) is 17.3 Å². The summed E-state index contributed by atoms with van der Waals surface area (Å²) in [7, 11) is 0. The van der Waals surface area contributed by atoms with Crippen LogP contribution in [0.2, 0.25) is 0 Å². The fourth-order valence-electron chi connectivity index (χ4n) is 4.07. The molecule has 1 N–H and O–H groups in total. The maximum absolute atomic E-state index is 12.5. The van der Waals surface area contributed by atoms with E-state index >= 15 is 0 Å². The predicted molar refractivity (Wildman–Crippen MR) is 90.0 cm³/mol. The Labute approximate surface area is 156 Å². The SMILES string of the molecule is CCC(=O)C(C)(C)CC.OC(CC1CC2CCC1C2)(C(F)(F)F)C(F)(F)F. The highest BCUT2D eigenvalue weighted by Crippen LogP contribution is 2.55. The maximum atomic E-state index is 12.5. The Bertz CT molecular complexity index is 495. The molecule has 0 aromatic heterocycles. The Morgan fingerprint density at radius 3 is 1.74 bits per heavy atom. The largest absolute Gasteiger partial charge is 0.426 e. The minimum atomic E-state index is -5.67. The van der Waals surface area contributed by atoms with Gasteiger partial charge < -0.3 is 5.11 Å². The number of alkyl halides is 6. The van der Waals surface area contributed by atoms with Gasteiger partial charge in [0.25, 0.3) is 5.60 Å². The number of aliphatic hydroxyl groups is 1. The summed E-state index contributed by atoms with van der Waals surface area (Å²) in [6.07, 6.45) is -8.34. The molecule has 0 amide bonds. The van der Waals surface area contributed by atoms with Crippen molar-refractivity contribution in [3.63, 3.8) is 0 Å². The Morgan fingerprint density at radius 1 is 0.963 bits per heavy atom. The van der Waals surface area contributed by atoms with Gasteiger partial charge in [-0.15, -0.1) is 0 Å². The molecule has 0 aromatic carbocycles. The lowest BCUT2D eigenvalue weighted by Crippen LogP contribution is -2.58. The number of hydrogen-bond acceptors (Lipinski definition) is 2. The Morgan fingerprint density at radius 2 is 1.48 bits per heavy atom. The van der Waals surface area contributed by atoms with Crippen molar-refractivity contribution < 1.29 is 36.2 Å². The van der Waals surface area contributed by atoms with Crippen LogP contribution in [0.15, 0.2) is 0 Å². The van der Waals surface area contributed by atoms with E-state index in [1.54, 1.807) is 0 Å². The number of ketones is 1. The minimum Gasteiger partial charge on any atom is -0.374 e. The molecule has 0 radical (unpaired) electrons.